The third kappa shape index (κ3) is 2.82. The van der Waals surface area contributed by atoms with Gasteiger partial charge in [-0.05, 0) is 18.1 Å². The van der Waals surface area contributed by atoms with Gasteiger partial charge in [-0.3, -0.25) is 0 Å². The number of aliphatic hydroxyl groups is 1. The Hall–Kier alpha value is -1.40. The predicted molar refractivity (Wildman–Crippen MR) is 93.7 cm³/mol. The molecule has 112 valence electrons. The van der Waals surface area contributed by atoms with E-state index in [9.17, 15) is 9.90 Å². The quantitative estimate of drug-likeness (QED) is 0.755. The van der Waals surface area contributed by atoms with E-state index in [0.717, 1.165) is 11.1 Å². The molecule has 4 heteroatoms. The molecule has 0 fully saturated rings. The lowest BCUT2D eigenvalue weighted by atomic mass is 9.91. The molecule has 1 aromatic rings. The van der Waals surface area contributed by atoms with Gasteiger partial charge < -0.3 is 8.17 Å². The fourth-order valence-corrected chi connectivity index (χ4v) is 2.75. The van der Waals surface area contributed by atoms with Crippen molar-refractivity contribution in [3.8, 4) is 0 Å². The fraction of sp³-hybridized carbons (Fsp3) is 0.235. The molecule has 0 saturated carbocycles. The number of carbonyl (C=O) groups is 1. The van der Waals surface area contributed by atoms with Crippen molar-refractivity contribution in [2.75, 3.05) is 0 Å². The largest absolute Gasteiger partial charge is 0.392 e. The minimum atomic E-state index is -1.77. The van der Waals surface area contributed by atoms with Crippen LogP contribution in [0.15, 0.2) is 54.6 Å². The molecule has 1 aliphatic rings. The zero-order valence-electron chi connectivity index (χ0n) is 12.4. The van der Waals surface area contributed by atoms with E-state index in [1.165, 1.54) is 23.0 Å². The highest BCUT2D eigenvalue weighted by Crippen LogP contribution is 2.49. The van der Waals surface area contributed by atoms with Gasteiger partial charge in [0.1, 0.15) is 0 Å². The number of halogens is 1. The molecule has 1 aromatic carbocycles. The molecular weight excluding hydrogens is 379 g/mol. The maximum atomic E-state index is 12.1. The van der Waals surface area contributed by atoms with Crippen molar-refractivity contribution in [1.29, 1.82) is 0 Å². The van der Waals surface area contributed by atoms with Crippen molar-refractivity contribution >= 4 is 34.5 Å². The SMILES string of the molecule is C=C/C=C1\C(=C/C)c2ccccc2C1(O)C(=O)OI.CC. The topological polar surface area (TPSA) is 46.5 Å². The Balaban J connectivity index is 0.00000106. The Labute approximate surface area is 139 Å². The summed E-state index contributed by atoms with van der Waals surface area (Å²) < 4.78 is 4.74. The highest BCUT2D eigenvalue weighted by atomic mass is 127. The number of carbonyl (C=O) groups excluding carboxylic acids is 1. The lowest BCUT2D eigenvalue weighted by Crippen LogP contribution is -2.35. The van der Waals surface area contributed by atoms with Gasteiger partial charge in [-0.15, -0.1) is 0 Å². The lowest BCUT2D eigenvalue weighted by molar-refractivity contribution is -0.148. The van der Waals surface area contributed by atoms with Gasteiger partial charge >= 0.3 is 5.97 Å². The summed E-state index contributed by atoms with van der Waals surface area (Å²) in [7, 11) is 0. The molecule has 0 aromatic heterocycles. The molecule has 1 unspecified atom stereocenters. The Morgan fingerprint density at radius 3 is 2.52 bits per heavy atom. The molecule has 0 aliphatic heterocycles. The predicted octanol–water partition coefficient (Wildman–Crippen LogP) is 4.32. The molecule has 2 rings (SSSR count). The first-order chi connectivity index (χ1) is 10.1. The fourth-order valence-electron chi connectivity index (χ4n) is 2.43. The van der Waals surface area contributed by atoms with E-state index in [4.69, 9.17) is 3.07 Å². The van der Waals surface area contributed by atoms with Crippen molar-refractivity contribution in [3.05, 3.63) is 65.8 Å². The highest BCUT2D eigenvalue weighted by Gasteiger charge is 2.50. The molecule has 0 radical (unpaired) electrons. The van der Waals surface area contributed by atoms with Crippen LogP contribution in [0.2, 0.25) is 0 Å². The van der Waals surface area contributed by atoms with E-state index in [2.05, 4.69) is 6.58 Å². The van der Waals surface area contributed by atoms with E-state index >= 15 is 0 Å². The summed E-state index contributed by atoms with van der Waals surface area (Å²) in [6.07, 6.45) is 5.06. The van der Waals surface area contributed by atoms with Gasteiger partial charge in [-0.25, -0.2) is 4.79 Å². The summed E-state index contributed by atoms with van der Waals surface area (Å²) in [5.41, 5.74) is 0.918. The Morgan fingerprint density at radius 2 is 2.00 bits per heavy atom. The average Bonchev–Trinajstić information content (AvgIpc) is 2.79. The summed E-state index contributed by atoms with van der Waals surface area (Å²) >= 11 is 1.49. The number of rotatable bonds is 2. The number of allylic oxidation sites excluding steroid dienone is 3. The van der Waals surface area contributed by atoms with E-state index in [0.29, 0.717) is 11.1 Å². The van der Waals surface area contributed by atoms with Crippen LogP contribution in [0.1, 0.15) is 31.9 Å². The first-order valence-electron chi connectivity index (χ1n) is 6.76. The van der Waals surface area contributed by atoms with Gasteiger partial charge in [0.25, 0.3) is 0 Å². The number of hydrogen-bond acceptors (Lipinski definition) is 3. The summed E-state index contributed by atoms with van der Waals surface area (Å²) in [6, 6.07) is 7.26. The molecule has 3 nitrogen and oxygen atoms in total. The molecule has 0 saturated heterocycles. The zero-order chi connectivity index (χ0) is 16.0. The van der Waals surface area contributed by atoms with Gasteiger partial charge in [-0.1, -0.05) is 62.9 Å². The van der Waals surface area contributed by atoms with Crippen LogP contribution in [0, 0.1) is 0 Å². The zero-order valence-corrected chi connectivity index (χ0v) is 14.5. The smallest absolute Gasteiger partial charge is 0.357 e. The molecule has 21 heavy (non-hydrogen) atoms. The minimum Gasteiger partial charge on any atom is -0.392 e. The molecule has 0 spiro atoms. The molecule has 1 atom stereocenters. The summed E-state index contributed by atoms with van der Waals surface area (Å²) in [5, 5.41) is 10.9. The van der Waals surface area contributed by atoms with Crippen LogP contribution in [0.25, 0.3) is 5.57 Å². The van der Waals surface area contributed by atoms with Crippen molar-refractivity contribution < 1.29 is 13.0 Å². The van der Waals surface area contributed by atoms with Crippen LogP contribution < -0.4 is 0 Å². The van der Waals surface area contributed by atoms with Gasteiger partial charge in [0.05, 0.1) is 0 Å². The number of benzene rings is 1. The molecule has 0 amide bonds. The molecular formula is C17H19IO3. The Morgan fingerprint density at radius 1 is 1.38 bits per heavy atom. The monoisotopic (exact) mass is 398 g/mol. The van der Waals surface area contributed by atoms with Crippen LogP contribution in [0.4, 0.5) is 0 Å². The second kappa shape index (κ2) is 7.56. The molecule has 1 N–H and O–H groups in total. The summed E-state index contributed by atoms with van der Waals surface area (Å²) in [4.78, 5) is 12.1. The molecule has 0 bridgehead atoms. The van der Waals surface area contributed by atoms with E-state index in [1.807, 2.05) is 39.0 Å². The standard InChI is InChI=1S/C15H13IO3.C2H6/c1-3-7-12-10(4-2)11-8-5-6-9-13(11)15(12,18)14(17)19-16;1-2/h3-9,18H,1H2,2H3;1-2H3/b10-4-,12-7+;. The maximum absolute atomic E-state index is 12.1. The van der Waals surface area contributed by atoms with Gasteiger partial charge in [0.2, 0.25) is 5.60 Å². The highest BCUT2D eigenvalue weighted by molar-refractivity contribution is 14.1. The maximum Gasteiger partial charge on any atom is 0.357 e. The van der Waals surface area contributed by atoms with Crippen LogP contribution in [0.3, 0.4) is 0 Å². The van der Waals surface area contributed by atoms with E-state index in [1.54, 1.807) is 24.3 Å². The van der Waals surface area contributed by atoms with Gasteiger partial charge in [-0.2, -0.15) is 0 Å². The third-order valence-electron chi connectivity index (χ3n) is 3.23. The lowest BCUT2D eigenvalue weighted by Gasteiger charge is -2.21. The van der Waals surface area contributed by atoms with Crippen LogP contribution >= 0.6 is 23.0 Å². The van der Waals surface area contributed by atoms with E-state index in [-0.39, 0.29) is 0 Å². The van der Waals surface area contributed by atoms with Crippen LogP contribution in [-0.2, 0) is 13.5 Å². The normalized spacial score (nSPS) is 23.3. The molecule has 1 aliphatic carbocycles. The summed E-state index contributed by atoms with van der Waals surface area (Å²) in [6.45, 7) is 9.50. The van der Waals surface area contributed by atoms with Gasteiger partial charge in [0.15, 0.2) is 23.0 Å². The Kier molecular flexibility index (Phi) is 6.36. The Bertz CT molecular complexity index is 602. The molecule has 0 heterocycles. The summed E-state index contributed by atoms with van der Waals surface area (Å²) in [5.74, 6) is -0.703. The van der Waals surface area contributed by atoms with Crippen LogP contribution in [-0.4, -0.2) is 11.1 Å². The first kappa shape index (κ1) is 17.7. The second-order valence-electron chi connectivity index (χ2n) is 4.14. The van der Waals surface area contributed by atoms with Crippen molar-refractivity contribution in [2.45, 2.75) is 26.4 Å². The second-order valence-corrected chi connectivity index (χ2v) is 4.58. The van der Waals surface area contributed by atoms with Crippen molar-refractivity contribution in [1.82, 2.24) is 0 Å². The number of hydrogen-bond donors (Lipinski definition) is 1. The van der Waals surface area contributed by atoms with Crippen molar-refractivity contribution in [3.63, 3.8) is 0 Å². The average molecular weight is 398 g/mol. The third-order valence-corrected chi connectivity index (χ3v) is 3.63. The van der Waals surface area contributed by atoms with E-state index < -0.39 is 11.6 Å². The number of fused-ring (bicyclic) bond motifs is 1. The van der Waals surface area contributed by atoms with Crippen LogP contribution in [0.5, 0.6) is 0 Å². The van der Waals surface area contributed by atoms with Crippen molar-refractivity contribution in [2.24, 2.45) is 0 Å². The minimum absolute atomic E-state index is 0.493. The van der Waals surface area contributed by atoms with Gasteiger partial charge in [0, 0.05) is 11.1 Å². The first-order valence-corrected chi connectivity index (χ1v) is 7.64.